The number of ether oxygens (including phenoxy) is 2. The number of hydrogen-bond donors (Lipinski definition) is 1. The maximum absolute atomic E-state index is 11.3. The van der Waals surface area contributed by atoms with E-state index in [4.69, 9.17) is 14.6 Å². The topological polar surface area (TPSA) is 72.8 Å². The Morgan fingerprint density at radius 1 is 1.32 bits per heavy atom. The van der Waals surface area contributed by atoms with E-state index in [1.807, 2.05) is 0 Å². The van der Waals surface area contributed by atoms with E-state index in [1.54, 1.807) is 18.2 Å². The highest BCUT2D eigenvalue weighted by atomic mass is 16.5. The summed E-state index contributed by atoms with van der Waals surface area (Å²) in [6.45, 7) is 1.46. The average Bonchev–Trinajstić information content (AvgIpc) is 3.19. The molecular weight excluding hydrogens is 248 g/mol. The van der Waals surface area contributed by atoms with Crippen LogP contribution in [0.5, 0.6) is 11.5 Å². The van der Waals surface area contributed by atoms with E-state index in [-0.39, 0.29) is 11.7 Å². The summed E-state index contributed by atoms with van der Waals surface area (Å²) in [7, 11) is 1.46. The Morgan fingerprint density at radius 3 is 2.47 bits per heavy atom. The first-order valence-electron chi connectivity index (χ1n) is 6.11. The molecule has 0 aliphatic heterocycles. The zero-order chi connectivity index (χ0) is 14.0. The monoisotopic (exact) mass is 264 g/mol. The summed E-state index contributed by atoms with van der Waals surface area (Å²) in [5, 5.41) is 9.13. The van der Waals surface area contributed by atoms with Gasteiger partial charge in [0, 0.05) is 11.5 Å². The molecule has 0 amide bonds. The van der Waals surface area contributed by atoms with Gasteiger partial charge in [-0.3, -0.25) is 4.79 Å². The van der Waals surface area contributed by atoms with Crippen LogP contribution in [0.2, 0.25) is 0 Å². The third-order valence-corrected chi connectivity index (χ3v) is 3.12. The minimum atomic E-state index is -0.972. The molecule has 1 fully saturated rings. The molecule has 1 aromatic rings. The second-order valence-electron chi connectivity index (χ2n) is 4.64. The van der Waals surface area contributed by atoms with Crippen LogP contribution in [-0.2, 0) is 4.79 Å². The van der Waals surface area contributed by atoms with Gasteiger partial charge in [0.1, 0.15) is 0 Å². The quantitative estimate of drug-likeness (QED) is 0.797. The van der Waals surface area contributed by atoms with E-state index in [0.717, 1.165) is 12.8 Å². The number of carboxylic acid groups (broad SMARTS) is 1. The molecular formula is C14H16O5. The highest BCUT2D eigenvalue weighted by molar-refractivity contribution is 5.94. The fraction of sp³-hybridized carbons (Fsp3) is 0.429. The van der Waals surface area contributed by atoms with Gasteiger partial charge in [0.25, 0.3) is 0 Å². The molecule has 0 saturated heterocycles. The molecule has 0 bridgehead atoms. The lowest BCUT2D eigenvalue weighted by Crippen LogP contribution is -2.29. The van der Waals surface area contributed by atoms with E-state index in [0.29, 0.717) is 17.1 Å². The molecule has 19 heavy (non-hydrogen) atoms. The maximum Gasteiger partial charge on any atom is 0.345 e. The highest BCUT2D eigenvalue weighted by Crippen LogP contribution is 2.37. The lowest BCUT2D eigenvalue weighted by molar-refractivity contribution is -0.146. The van der Waals surface area contributed by atoms with Crippen molar-refractivity contribution in [3.8, 4) is 11.5 Å². The van der Waals surface area contributed by atoms with E-state index in [2.05, 4.69) is 0 Å². The Balaban J connectivity index is 2.23. The smallest absolute Gasteiger partial charge is 0.345 e. The van der Waals surface area contributed by atoms with E-state index in [9.17, 15) is 9.59 Å². The fourth-order valence-corrected chi connectivity index (χ4v) is 1.87. The normalized spacial score (nSPS) is 15.7. The first-order chi connectivity index (χ1) is 9.02. The number of carbonyl (C=O) groups is 2. The summed E-state index contributed by atoms with van der Waals surface area (Å²) in [6.07, 6.45) is 0.882. The van der Waals surface area contributed by atoms with Gasteiger partial charge in [0.05, 0.1) is 7.11 Å². The molecule has 0 heterocycles. The van der Waals surface area contributed by atoms with Crippen molar-refractivity contribution in [2.45, 2.75) is 25.9 Å². The minimum absolute atomic E-state index is 0.0645. The van der Waals surface area contributed by atoms with Gasteiger partial charge < -0.3 is 14.6 Å². The first-order valence-corrected chi connectivity index (χ1v) is 6.11. The van der Waals surface area contributed by atoms with Crippen LogP contribution in [0.4, 0.5) is 0 Å². The van der Waals surface area contributed by atoms with Crippen LogP contribution in [0.1, 0.15) is 30.1 Å². The molecule has 5 nitrogen and oxygen atoms in total. The van der Waals surface area contributed by atoms with E-state index in [1.165, 1.54) is 14.0 Å². The number of carboxylic acids is 1. The standard InChI is InChI=1S/C14H16O5/c1-8(15)10-5-6-11(12(7-10)18-2)19-13(14(16)17)9-3-4-9/h5-7,9,13H,3-4H2,1-2H3,(H,16,17). The van der Waals surface area contributed by atoms with Gasteiger partial charge in [-0.25, -0.2) is 4.79 Å². The molecule has 1 N–H and O–H groups in total. The van der Waals surface area contributed by atoms with Crippen molar-refractivity contribution < 1.29 is 24.2 Å². The van der Waals surface area contributed by atoms with Crippen LogP contribution >= 0.6 is 0 Å². The second-order valence-corrected chi connectivity index (χ2v) is 4.64. The molecule has 1 atom stereocenters. The summed E-state index contributed by atoms with van der Waals surface area (Å²) < 4.78 is 10.7. The summed E-state index contributed by atoms with van der Waals surface area (Å²) >= 11 is 0. The Kier molecular flexibility index (Phi) is 3.74. The van der Waals surface area contributed by atoms with E-state index >= 15 is 0 Å². The predicted molar refractivity (Wildman–Crippen MR) is 67.8 cm³/mol. The Hall–Kier alpha value is -2.04. The van der Waals surface area contributed by atoms with Crippen molar-refractivity contribution in [2.24, 2.45) is 5.92 Å². The average molecular weight is 264 g/mol. The third kappa shape index (κ3) is 3.05. The zero-order valence-electron chi connectivity index (χ0n) is 10.9. The summed E-state index contributed by atoms with van der Waals surface area (Å²) in [5.74, 6) is -0.261. The van der Waals surface area contributed by atoms with Crippen molar-refractivity contribution in [3.05, 3.63) is 23.8 Å². The van der Waals surface area contributed by atoms with Gasteiger partial charge in [0.2, 0.25) is 0 Å². The Bertz CT molecular complexity index is 505. The number of methoxy groups -OCH3 is 1. The van der Waals surface area contributed by atoms with Crippen LogP contribution in [-0.4, -0.2) is 30.1 Å². The number of benzene rings is 1. The second kappa shape index (κ2) is 5.30. The first kappa shape index (κ1) is 13.4. The van der Waals surface area contributed by atoms with Gasteiger partial charge in [-0.05, 0) is 38.0 Å². The van der Waals surface area contributed by atoms with Gasteiger partial charge >= 0.3 is 5.97 Å². The maximum atomic E-state index is 11.3. The largest absolute Gasteiger partial charge is 0.493 e. The SMILES string of the molecule is COc1cc(C(C)=O)ccc1OC(C(=O)O)C1CC1. The number of rotatable bonds is 6. The zero-order valence-corrected chi connectivity index (χ0v) is 10.9. The number of aliphatic carboxylic acids is 1. The number of carbonyl (C=O) groups excluding carboxylic acids is 1. The van der Waals surface area contributed by atoms with Gasteiger partial charge in [-0.2, -0.15) is 0 Å². The summed E-state index contributed by atoms with van der Waals surface area (Å²) in [4.78, 5) is 22.4. The molecule has 1 aliphatic rings. The third-order valence-electron chi connectivity index (χ3n) is 3.12. The predicted octanol–water partition coefficient (Wildman–Crippen LogP) is 2.14. The van der Waals surface area contributed by atoms with Gasteiger partial charge in [-0.1, -0.05) is 0 Å². The van der Waals surface area contributed by atoms with Crippen LogP contribution in [0.15, 0.2) is 18.2 Å². The van der Waals surface area contributed by atoms with Crippen molar-refractivity contribution in [3.63, 3.8) is 0 Å². The van der Waals surface area contributed by atoms with Crippen LogP contribution in [0.25, 0.3) is 0 Å². The van der Waals surface area contributed by atoms with Gasteiger partial charge in [0.15, 0.2) is 23.4 Å². The van der Waals surface area contributed by atoms with Crippen molar-refractivity contribution in [1.82, 2.24) is 0 Å². The van der Waals surface area contributed by atoms with Crippen LogP contribution < -0.4 is 9.47 Å². The molecule has 1 aromatic carbocycles. The molecule has 102 valence electrons. The molecule has 0 spiro atoms. The lowest BCUT2D eigenvalue weighted by atomic mass is 10.1. The molecule has 5 heteroatoms. The number of Topliss-reactive ketones (excluding diaryl/α,β-unsaturated/α-hetero) is 1. The summed E-state index contributed by atoms with van der Waals surface area (Å²) in [5.41, 5.74) is 0.502. The minimum Gasteiger partial charge on any atom is -0.493 e. The fourth-order valence-electron chi connectivity index (χ4n) is 1.87. The molecule has 0 radical (unpaired) electrons. The molecule has 2 rings (SSSR count). The van der Waals surface area contributed by atoms with Crippen molar-refractivity contribution >= 4 is 11.8 Å². The molecule has 0 aromatic heterocycles. The molecule has 1 saturated carbocycles. The Morgan fingerprint density at radius 2 is 2.00 bits per heavy atom. The Labute approximate surface area is 111 Å². The number of ketones is 1. The molecule has 1 unspecified atom stereocenters. The van der Waals surface area contributed by atoms with Gasteiger partial charge in [-0.15, -0.1) is 0 Å². The number of hydrogen-bond acceptors (Lipinski definition) is 4. The summed E-state index contributed by atoms with van der Waals surface area (Å²) in [6, 6.07) is 4.74. The highest BCUT2D eigenvalue weighted by Gasteiger charge is 2.38. The van der Waals surface area contributed by atoms with Crippen molar-refractivity contribution in [2.75, 3.05) is 7.11 Å². The van der Waals surface area contributed by atoms with Crippen molar-refractivity contribution in [1.29, 1.82) is 0 Å². The van der Waals surface area contributed by atoms with E-state index < -0.39 is 12.1 Å². The molecule has 1 aliphatic carbocycles. The van der Waals surface area contributed by atoms with Crippen LogP contribution in [0, 0.1) is 5.92 Å². The van der Waals surface area contributed by atoms with Crippen LogP contribution in [0.3, 0.4) is 0 Å². The lowest BCUT2D eigenvalue weighted by Gasteiger charge is -2.17.